The third-order valence-corrected chi connectivity index (χ3v) is 0. The van der Waals surface area contributed by atoms with Crippen molar-refractivity contribution < 1.29 is 9.17 Å². The van der Waals surface area contributed by atoms with Crippen molar-refractivity contribution in [3.05, 3.63) is 0 Å². The van der Waals surface area contributed by atoms with E-state index >= 15 is 0 Å². The van der Waals surface area contributed by atoms with Gasteiger partial charge in [0.05, 0.1) is 0 Å². The first-order valence-electron chi connectivity index (χ1n) is 0.258. The van der Waals surface area contributed by atoms with E-state index in [9.17, 15) is 0 Å². The van der Waals surface area contributed by atoms with E-state index in [1.807, 2.05) is 0 Å². The van der Waals surface area contributed by atoms with E-state index < -0.39 is 0 Å². The molecule has 0 radical (unpaired) electrons. The zero-order chi connectivity index (χ0) is 2.00. The van der Waals surface area contributed by atoms with Gasteiger partial charge in [-0.05, 0) is 9.47 Å². The van der Waals surface area contributed by atoms with Crippen LogP contribution in [0.15, 0.2) is 0 Å². The molecule has 1 unspecified atom stereocenters. The van der Waals surface area contributed by atoms with Gasteiger partial charge >= 0.3 is 37.7 Å². The largest absolute Gasteiger partial charge is 2.00 e. The summed E-state index contributed by atoms with van der Waals surface area (Å²) in [6.45, 7) is 0. The summed E-state index contributed by atoms with van der Waals surface area (Å²) in [4.78, 5) is 6.92. The van der Waals surface area contributed by atoms with Crippen molar-refractivity contribution in [1.82, 2.24) is 0 Å². The molecular weight excluding hydrogens is 114 g/mol. The van der Waals surface area contributed by atoms with Gasteiger partial charge in [-0.3, -0.25) is 0 Å². The second-order valence-electron chi connectivity index (χ2n) is 0. The molecule has 1 nitrogen and oxygen atoms in total. The molecule has 1 N–H and O–H groups in total. The first-order valence-corrected chi connectivity index (χ1v) is 0.775. The summed E-state index contributed by atoms with van der Waals surface area (Å²) in [7, 11) is 1.42. The average Bonchev–Trinajstić information content (AvgIpc) is 1.00. The van der Waals surface area contributed by atoms with Crippen molar-refractivity contribution in [3.8, 4) is 0 Å². The molecule has 0 aromatic rings. The summed E-state index contributed by atoms with van der Waals surface area (Å²) in [5, 5.41) is 0. The summed E-state index contributed by atoms with van der Waals surface area (Å²) < 4.78 is 0. The van der Waals surface area contributed by atoms with Gasteiger partial charge in [0.25, 0.3) is 0 Å². The van der Waals surface area contributed by atoms with Crippen LogP contribution >= 0.6 is 9.47 Å². The molecule has 4 heavy (non-hydrogen) atoms. The van der Waals surface area contributed by atoms with Gasteiger partial charge in [-0.15, -0.1) is 0 Å². The molecule has 0 aliphatic rings. The van der Waals surface area contributed by atoms with Crippen LogP contribution in [0.3, 0.4) is 0 Å². The Hall–Kier alpha value is 2.18. The third-order valence-electron chi connectivity index (χ3n) is 0. The summed E-state index contributed by atoms with van der Waals surface area (Å²) in [6.07, 6.45) is 0. The van der Waals surface area contributed by atoms with Crippen LogP contribution in [0.4, 0.5) is 0 Å². The Kier molecular flexibility index (Phi) is 78.0. The fourth-order valence-electron chi connectivity index (χ4n) is 0. The second-order valence-corrected chi connectivity index (χ2v) is 0. The minimum atomic E-state index is 0. The molecule has 0 saturated heterocycles. The monoisotopic (exact) mass is 124 g/mol. The van der Waals surface area contributed by atoms with Crippen LogP contribution in [0.2, 0.25) is 0 Å². The van der Waals surface area contributed by atoms with Gasteiger partial charge in [0, 0.05) is 1.43 Å². The van der Waals surface area contributed by atoms with Crippen LogP contribution in [-0.4, -0.2) is 60.0 Å². The fourth-order valence-corrected chi connectivity index (χ4v) is 0. The molecule has 0 spiro atoms. The van der Waals surface area contributed by atoms with Gasteiger partial charge < -0.3 is 7.75 Å². The Bertz CT molecular complexity index is 14.9. The molecule has 1 atom stereocenters. The summed E-state index contributed by atoms with van der Waals surface area (Å²) >= 11 is 0. The minimum Gasteiger partial charge on any atom is -1.00 e. The third kappa shape index (κ3) is 8.89. The smallest absolute Gasteiger partial charge is 1.00 e. The molecule has 0 aliphatic heterocycles. The molecule has 0 saturated carbocycles. The van der Waals surface area contributed by atoms with Crippen LogP contribution in [0, 0.1) is 0 Å². The van der Waals surface area contributed by atoms with Gasteiger partial charge in [0.15, 0.2) is 17.4 Å². The van der Waals surface area contributed by atoms with Crippen molar-refractivity contribution >= 4 is 64.6 Å². The van der Waals surface area contributed by atoms with Gasteiger partial charge in [-0.25, -0.2) is 0 Å². The van der Waals surface area contributed by atoms with Gasteiger partial charge in [-0.2, -0.15) is 0 Å². The Morgan fingerprint density at radius 1 is 1.75 bits per heavy atom. The van der Waals surface area contributed by atoms with Gasteiger partial charge in [0.1, 0.15) is 0 Å². The molecular formula is H10AlCaOP. The quantitative estimate of drug-likeness (QED) is 0.313. The topological polar surface area (TPSA) is 20.2 Å². The zero-order valence-electron chi connectivity index (χ0n) is 3.73. The second kappa shape index (κ2) is 19.0. The summed E-state index contributed by atoms with van der Waals surface area (Å²) in [6, 6.07) is 0. The Morgan fingerprint density at radius 2 is 1.75 bits per heavy atom. The molecule has 0 aromatic heterocycles. The standard InChI is InChI=1S/Al.Ca.H3OP.H2.5H/c;;1-2;;;;;;/h;;1H,2H2;1H;;;;;/q;+2;;;;;;2*-1. The van der Waals surface area contributed by atoms with E-state index in [-0.39, 0.29) is 59.4 Å². The van der Waals surface area contributed by atoms with Crippen molar-refractivity contribution in [1.29, 1.82) is 0 Å². The molecule has 4 heteroatoms. The maximum Gasteiger partial charge on any atom is 2.00 e. The molecule has 0 aliphatic carbocycles. The number of rotatable bonds is 0. The average molecular weight is 124 g/mol. The Labute approximate surface area is 73.0 Å². The molecule has 0 fully saturated rings. The molecule has 26 valence electrons. The Morgan fingerprint density at radius 3 is 1.75 bits per heavy atom. The van der Waals surface area contributed by atoms with Crippen LogP contribution in [0.25, 0.3) is 0 Å². The van der Waals surface area contributed by atoms with Crippen LogP contribution in [0.5, 0.6) is 0 Å². The molecule has 0 bridgehead atoms. The van der Waals surface area contributed by atoms with E-state index in [4.69, 9.17) is 4.89 Å². The van der Waals surface area contributed by atoms with Gasteiger partial charge in [0.2, 0.25) is 0 Å². The molecule has 0 rings (SSSR count). The Balaban J connectivity index is -0.000000000500. The first kappa shape index (κ1) is 16.4. The van der Waals surface area contributed by atoms with E-state index in [2.05, 4.69) is 0 Å². The predicted molar refractivity (Wildman–Crippen MR) is 32.0 cm³/mol. The number of hydrogen-bond donors (Lipinski definition) is 1. The maximum atomic E-state index is 6.92. The number of hydrogen-bond acceptors (Lipinski definition) is 1. The summed E-state index contributed by atoms with van der Waals surface area (Å²) in [5.41, 5.74) is 0. The SMILES string of the molecule is OP.[AlH3].[Ca+2].[H-].[H-].[HH]. The van der Waals surface area contributed by atoms with E-state index in [0.29, 0.717) is 0 Å². The normalized spacial score (nSPS) is 1.50. The molecule has 0 aromatic carbocycles. The fraction of sp³-hybridized carbons (Fsp3) is 0. The first-order chi connectivity index (χ1) is 1.00. The van der Waals surface area contributed by atoms with Crippen LogP contribution in [-0.2, 0) is 0 Å². The van der Waals surface area contributed by atoms with Gasteiger partial charge in [-0.1, -0.05) is 0 Å². The van der Waals surface area contributed by atoms with Crippen molar-refractivity contribution in [3.63, 3.8) is 0 Å². The van der Waals surface area contributed by atoms with Crippen molar-refractivity contribution in [2.45, 2.75) is 0 Å². The zero-order valence-corrected chi connectivity index (χ0v) is 5.09. The predicted octanol–water partition coefficient (Wildman–Crippen LogP) is -1.32. The van der Waals surface area contributed by atoms with E-state index in [1.54, 1.807) is 0 Å². The summed E-state index contributed by atoms with van der Waals surface area (Å²) in [5.74, 6) is 0. The van der Waals surface area contributed by atoms with E-state index in [0.717, 1.165) is 0 Å². The van der Waals surface area contributed by atoms with Crippen molar-refractivity contribution in [2.24, 2.45) is 0 Å². The van der Waals surface area contributed by atoms with Crippen LogP contribution < -0.4 is 0 Å². The van der Waals surface area contributed by atoms with Crippen molar-refractivity contribution in [2.75, 3.05) is 0 Å². The maximum absolute atomic E-state index is 6.92. The minimum absolute atomic E-state index is 0. The van der Waals surface area contributed by atoms with E-state index in [1.165, 1.54) is 9.47 Å². The molecule has 0 heterocycles. The molecule has 0 amide bonds. The van der Waals surface area contributed by atoms with Crippen LogP contribution in [0.1, 0.15) is 4.28 Å².